The maximum Gasteiger partial charge on any atom is 0.416 e. The summed E-state index contributed by atoms with van der Waals surface area (Å²) in [5.74, 6) is 1.28. The van der Waals surface area contributed by atoms with Crippen LogP contribution in [0.3, 0.4) is 0 Å². The van der Waals surface area contributed by atoms with Gasteiger partial charge in [-0.1, -0.05) is 58.1 Å². The third kappa shape index (κ3) is 5.03. The zero-order valence-electron chi connectivity index (χ0n) is 31.3. The molecule has 1 aromatic rings. The van der Waals surface area contributed by atoms with Gasteiger partial charge in [0.15, 0.2) is 5.78 Å². The molecular weight excluding hydrogens is 667 g/mol. The minimum atomic E-state index is -4.59. The lowest BCUT2D eigenvalue weighted by molar-refractivity contribution is -0.179. The summed E-state index contributed by atoms with van der Waals surface area (Å²) in [6.07, 6.45) is 8.51. The van der Waals surface area contributed by atoms with Crippen molar-refractivity contribution in [3.05, 3.63) is 59.2 Å². The molecule has 0 saturated heterocycles. The first-order chi connectivity index (χ1) is 24.3. The van der Waals surface area contributed by atoms with Gasteiger partial charge < -0.3 is 20.4 Å². The predicted molar refractivity (Wildman–Crippen MR) is 192 cm³/mol. The quantitative estimate of drug-likeness (QED) is 0.159. The van der Waals surface area contributed by atoms with Crippen molar-refractivity contribution in [3.63, 3.8) is 0 Å². The summed E-state index contributed by atoms with van der Waals surface area (Å²) in [7, 11) is 0. The molecule has 6 saturated carbocycles. The maximum atomic E-state index is 14.8. The van der Waals surface area contributed by atoms with Crippen LogP contribution in [0.4, 0.5) is 13.2 Å². The van der Waals surface area contributed by atoms with Crippen molar-refractivity contribution in [2.24, 2.45) is 56.7 Å². The number of allylic oxidation sites excluding steroid dienone is 4. The highest BCUT2D eigenvalue weighted by atomic mass is 19.4. The van der Waals surface area contributed by atoms with Gasteiger partial charge in [-0.25, -0.2) is 0 Å². The van der Waals surface area contributed by atoms with Gasteiger partial charge in [-0.05, 0) is 117 Å². The molecule has 52 heavy (non-hydrogen) atoms. The van der Waals surface area contributed by atoms with Gasteiger partial charge in [0, 0.05) is 47.0 Å². The number of rotatable bonds is 9. The molecule has 4 N–H and O–H groups in total. The number of aliphatic hydroxyl groups is 4. The van der Waals surface area contributed by atoms with Crippen molar-refractivity contribution in [1.29, 1.82) is 0 Å². The molecule has 1 aromatic carbocycles. The molecule has 10 rings (SSSR count). The average molecular weight is 726 g/mol. The van der Waals surface area contributed by atoms with E-state index in [1.165, 1.54) is 25.0 Å². The van der Waals surface area contributed by atoms with Crippen LogP contribution in [0.1, 0.15) is 108 Å². The fourth-order valence-corrected chi connectivity index (χ4v) is 14.0. The second-order valence-electron chi connectivity index (χ2n) is 19.4. The van der Waals surface area contributed by atoms with Gasteiger partial charge in [0.05, 0.1) is 30.0 Å². The van der Waals surface area contributed by atoms with Crippen molar-refractivity contribution >= 4 is 5.78 Å². The minimum absolute atomic E-state index is 0.0166. The SMILES string of the molecule is CC1(C)[C@H]2CC[C@@H](CN(C[C@H](O)CO)C[C@]3(O)CC[C@H]4[C@]56C=C[C@@]7(C=C5C(=O)c5cccc(C(F)(F)F)c5)CC(O)CC[C@]7(C)[C@H]6CC[C@@]43C)[C@@H]1C2. The van der Waals surface area contributed by atoms with E-state index in [1.807, 2.05) is 6.08 Å². The molecule has 0 aromatic heterocycles. The summed E-state index contributed by atoms with van der Waals surface area (Å²) in [4.78, 5) is 17.0. The number of carbonyl (C=O) groups excluding carboxylic acids is 1. The van der Waals surface area contributed by atoms with Crippen LogP contribution in [0.5, 0.6) is 0 Å². The highest BCUT2D eigenvalue weighted by molar-refractivity contribution is 6.10. The van der Waals surface area contributed by atoms with E-state index in [4.69, 9.17) is 0 Å². The van der Waals surface area contributed by atoms with Crippen LogP contribution in [0.2, 0.25) is 0 Å². The lowest BCUT2D eigenvalue weighted by Crippen LogP contribution is -2.67. The van der Waals surface area contributed by atoms with E-state index in [0.717, 1.165) is 50.3 Å². The summed E-state index contributed by atoms with van der Waals surface area (Å²) in [5.41, 5.74) is -3.42. The first-order valence-corrected chi connectivity index (χ1v) is 19.9. The molecular formula is C43H58F3NO5. The van der Waals surface area contributed by atoms with Crippen LogP contribution in [-0.2, 0) is 6.18 Å². The van der Waals surface area contributed by atoms with E-state index in [0.29, 0.717) is 49.6 Å². The summed E-state index contributed by atoms with van der Waals surface area (Å²) in [6, 6.07) is 4.76. The van der Waals surface area contributed by atoms with Crippen LogP contribution in [-0.4, -0.2) is 75.2 Å². The number of nitrogens with zero attached hydrogens (tertiary/aromatic N) is 1. The number of benzene rings is 1. The van der Waals surface area contributed by atoms with E-state index in [2.05, 4.69) is 44.7 Å². The number of ketones is 1. The number of alkyl halides is 3. The van der Waals surface area contributed by atoms with Crippen molar-refractivity contribution in [2.45, 2.75) is 116 Å². The Labute approximate surface area is 306 Å². The Morgan fingerprint density at radius 1 is 0.981 bits per heavy atom. The second kappa shape index (κ2) is 12.0. The predicted octanol–water partition coefficient (Wildman–Crippen LogP) is 7.21. The Morgan fingerprint density at radius 2 is 1.69 bits per heavy atom. The Balaban J connectivity index is 1.18. The number of Topliss-reactive ketones (excluding diaryl/α,β-unsaturated/α-hetero) is 1. The second-order valence-corrected chi connectivity index (χ2v) is 19.4. The Morgan fingerprint density at radius 3 is 2.38 bits per heavy atom. The Bertz CT molecular complexity index is 1670. The van der Waals surface area contributed by atoms with Gasteiger partial charge >= 0.3 is 6.18 Å². The molecule has 286 valence electrons. The molecule has 2 spiro atoms. The van der Waals surface area contributed by atoms with Gasteiger partial charge in [-0.15, -0.1) is 0 Å². The van der Waals surface area contributed by atoms with Gasteiger partial charge in [0.2, 0.25) is 0 Å². The zero-order chi connectivity index (χ0) is 37.3. The molecule has 6 nitrogen and oxygen atoms in total. The lowest BCUT2D eigenvalue weighted by Gasteiger charge is -2.71. The minimum Gasteiger partial charge on any atom is -0.394 e. The average Bonchev–Trinajstić information content (AvgIpc) is 3.37. The normalized spacial score (nSPS) is 44.7. The number of fused-ring (bicyclic) bond motifs is 3. The van der Waals surface area contributed by atoms with Crippen LogP contribution >= 0.6 is 0 Å². The number of hydrogen-bond donors (Lipinski definition) is 4. The molecule has 4 bridgehead atoms. The first kappa shape index (κ1) is 36.9. The van der Waals surface area contributed by atoms with Gasteiger partial charge in [0.1, 0.15) is 0 Å². The highest BCUT2D eigenvalue weighted by Crippen LogP contribution is 2.78. The van der Waals surface area contributed by atoms with Gasteiger partial charge in [0.25, 0.3) is 0 Å². The molecule has 9 heteroatoms. The monoisotopic (exact) mass is 725 g/mol. The van der Waals surface area contributed by atoms with E-state index in [1.54, 1.807) is 0 Å². The number of halogens is 3. The van der Waals surface area contributed by atoms with E-state index in [9.17, 15) is 38.4 Å². The topological polar surface area (TPSA) is 101 Å². The van der Waals surface area contributed by atoms with E-state index >= 15 is 0 Å². The molecule has 9 aliphatic rings. The molecule has 0 heterocycles. The summed E-state index contributed by atoms with van der Waals surface area (Å²) >= 11 is 0. The van der Waals surface area contributed by atoms with Crippen molar-refractivity contribution < 1.29 is 38.4 Å². The highest BCUT2D eigenvalue weighted by Gasteiger charge is 2.74. The fourth-order valence-electron chi connectivity index (χ4n) is 14.0. The molecule has 0 amide bonds. The number of aliphatic hydroxyl groups excluding tert-OH is 3. The van der Waals surface area contributed by atoms with Crippen LogP contribution in [0, 0.1) is 56.7 Å². The van der Waals surface area contributed by atoms with Crippen LogP contribution in [0.15, 0.2) is 48.1 Å². The summed E-state index contributed by atoms with van der Waals surface area (Å²) in [6.45, 7) is 10.2. The smallest absolute Gasteiger partial charge is 0.394 e. The van der Waals surface area contributed by atoms with Crippen molar-refractivity contribution in [1.82, 2.24) is 4.90 Å². The fraction of sp³-hybridized carbons (Fsp3) is 0.744. The number of hydrogen-bond acceptors (Lipinski definition) is 6. The van der Waals surface area contributed by atoms with Gasteiger partial charge in [-0.3, -0.25) is 9.69 Å². The molecule has 12 atom stereocenters. The lowest BCUT2D eigenvalue weighted by atomic mass is 9.32. The van der Waals surface area contributed by atoms with Crippen LogP contribution in [0.25, 0.3) is 0 Å². The molecule has 9 aliphatic carbocycles. The van der Waals surface area contributed by atoms with Gasteiger partial charge in [-0.2, -0.15) is 13.2 Å². The third-order valence-electron chi connectivity index (χ3n) is 17.1. The summed E-state index contributed by atoms with van der Waals surface area (Å²) < 4.78 is 41.7. The Hall–Kier alpha value is -2.04. The Kier molecular flexibility index (Phi) is 8.50. The number of carbonyl (C=O) groups is 1. The summed E-state index contributed by atoms with van der Waals surface area (Å²) in [5, 5.41) is 44.7. The molecule has 1 unspecified atom stereocenters. The van der Waals surface area contributed by atoms with Crippen LogP contribution < -0.4 is 0 Å². The standard InChI is InChI=1S/C43H58F3NO5/c1-37(2)28-9-8-27(32(37)19-28)22-47(23-31(50)24-48)25-41(52)15-12-35-39(41,4)14-11-34-38(3)13-10-30(49)20-40(38)16-17-42(34,35)33(21-40)36(51)26-6-5-7-29(18-26)43(44,45)46/h5-7,16-18,21,27-28,30-32,34-35,48-50,52H,8-15,19-20,22-25H2,1-4H3/t27-,28-,30?,31-,32-,34+,35+,38+,39-,40-,41+,42+/m0/s1. The largest absolute Gasteiger partial charge is 0.416 e. The molecule has 0 radical (unpaired) electrons. The molecule has 6 fully saturated rings. The maximum absolute atomic E-state index is 14.8. The zero-order valence-corrected chi connectivity index (χ0v) is 31.3. The first-order valence-electron chi connectivity index (χ1n) is 19.9. The third-order valence-corrected chi connectivity index (χ3v) is 17.1. The van der Waals surface area contributed by atoms with E-state index in [-0.39, 0.29) is 41.4 Å². The van der Waals surface area contributed by atoms with Crippen molar-refractivity contribution in [3.8, 4) is 0 Å². The van der Waals surface area contributed by atoms with E-state index < -0.39 is 51.6 Å². The van der Waals surface area contributed by atoms with Crippen molar-refractivity contribution in [2.75, 3.05) is 26.2 Å². The molecule has 0 aliphatic heterocycles.